The highest BCUT2D eigenvalue weighted by molar-refractivity contribution is 6.30. The zero-order valence-electron chi connectivity index (χ0n) is 13.0. The molecule has 1 atom stereocenters. The van der Waals surface area contributed by atoms with Gasteiger partial charge >= 0.3 is 0 Å². The van der Waals surface area contributed by atoms with Crippen LogP contribution in [0, 0.1) is 0 Å². The van der Waals surface area contributed by atoms with E-state index >= 15 is 0 Å². The van der Waals surface area contributed by atoms with Gasteiger partial charge in [-0.25, -0.2) is 0 Å². The number of hydrogen-bond donors (Lipinski definition) is 1. The molecule has 1 N–H and O–H groups in total. The number of amides is 1. The van der Waals surface area contributed by atoms with Crippen molar-refractivity contribution < 1.29 is 4.79 Å². The summed E-state index contributed by atoms with van der Waals surface area (Å²) in [7, 11) is 0. The molecule has 0 radical (unpaired) electrons. The first-order valence-corrected chi connectivity index (χ1v) is 7.90. The predicted molar refractivity (Wildman–Crippen MR) is 88.0 cm³/mol. The van der Waals surface area contributed by atoms with Crippen molar-refractivity contribution in [3.8, 4) is 0 Å². The van der Waals surface area contributed by atoms with E-state index in [0.29, 0.717) is 0 Å². The van der Waals surface area contributed by atoms with E-state index in [1.165, 1.54) is 5.69 Å². The molecule has 5 heteroatoms. The van der Waals surface area contributed by atoms with Crippen LogP contribution < -0.4 is 10.2 Å². The lowest BCUT2D eigenvalue weighted by Gasteiger charge is -2.38. The number of anilines is 1. The van der Waals surface area contributed by atoms with Gasteiger partial charge in [-0.15, -0.1) is 0 Å². The van der Waals surface area contributed by atoms with Gasteiger partial charge in [-0.2, -0.15) is 0 Å². The standard InChI is InChI=1S/C16H24ClN3O/c1-12(2)18-16(21)13(3)19-8-10-20(11-9-19)15-6-4-14(17)5-7-15/h4-7,12-13H,8-11H2,1-3H3,(H,18,21)/t13-/m0/s1. The molecule has 1 heterocycles. The van der Waals surface area contributed by atoms with E-state index in [0.717, 1.165) is 31.2 Å². The maximum atomic E-state index is 12.1. The van der Waals surface area contributed by atoms with E-state index in [1.54, 1.807) is 0 Å². The van der Waals surface area contributed by atoms with Gasteiger partial charge in [0.1, 0.15) is 0 Å². The van der Waals surface area contributed by atoms with Gasteiger partial charge in [-0.05, 0) is 45.0 Å². The van der Waals surface area contributed by atoms with Crippen LogP contribution in [0.4, 0.5) is 5.69 Å². The van der Waals surface area contributed by atoms with E-state index in [1.807, 2.05) is 45.0 Å². The second kappa shape index (κ2) is 7.14. The van der Waals surface area contributed by atoms with Gasteiger partial charge in [-0.1, -0.05) is 11.6 Å². The lowest BCUT2D eigenvalue weighted by Crippen LogP contribution is -2.54. The number of carbonyl (C=O) groups is 1. The molecule has 1 saturated heterocycles. The Bertz CT molecular complexity index is 467. The van der Waals surface area contributed by atoms with Crippen molar-refractivity contribution in [2.24, 2.45) is 0 Å². The van der Waals surface area contributed by atoms with E-state index in [2.05, 4.69) is 15.1 Å². The average molecular weight is 310 g/mol. The quantitative estimate of drug-likeness (QED) is 0.927. The Morgan fingerprint density at radius 2 is 1.67 bits per heavy atom. The SMILES string of the molecule is CC(C)NC(=O)[C@H](C)N1CCN(c2ccc(Cl)cc2)CC1. The molecule has 1 aromatic rings. The van der Waals surface area contributed by atoms with Gasteiger partial charge < -0.3 is 10.2 Å². The first-order valence-electron chi connectivity index (χ1n) is 7.52. The Morgan fingerprint density at radius 1 is 1.10 bits per heavy atom. The van der Waals surface area contributed by atoms with E-state index in [4.69, 9.17) is 11.6 Å². The van der Waals surface area contributed by atoms with Gasteiger partial charge in [0.15, 0.2) is 0 Å². The minimum absolute atomic E-state index is 0.0697. The molecule has 0 saturated carbocycles. The molecule has 2 rings (SSSR count). The summed E-state index contributed by atoms with van der Waals surface area (Å²) in [6.45, 7) is 9.62. The highest BCUT2D eigenvalue weighted by Crippen LogP contribution is 2.20. The molecule has 1 amide bonds. The van der Waals surface area contributed by atoms with Crippen LogP contribution in [0.3, 0.4) is 0 Å². The molecule has 116 valence electrons. The minimum atomic E-state index is -0.0697. The largest absolute Gasteiger partial charge is 0.369 e. The second-order valence-electron chi connectivity index (χ2n) is 5.84. The van der Waals surface area contributed by atoms with Crippen LogP contribution in [0.25, 0.3) is 0 Å². The van der Waals surface area contributed by atoms with Crippen LogP contribution in [-0.4, -0.2) is 49.1 Å². The van der Waals surface area contributed by atoms with Crippen LogP contribution in [0.15, 0.2) is 24.3 Å². The molecule has 1 fully saturated rings. The van der Waals surface area contributed by atoms with Crippen molar-refractivity contribution in [2.75, 3.05) is 31.1 Å². The molecule has 0 aromatic heterocycles. The summed E-state index contributed by atoms with van der Waals surface area (Å²) in [6.07, 6.45) is 0. The van der Waals surface area contributed by atoms with Crippen LogP contribution in [0.5, 0.6) is 0 Å². The molecule has 1 aromatic carbocycles. The fraction of sp³-hybridized carbons (Fsp3) is 0.562. The Hall–Kier alpha value is -1.26. The number of carbonyl (C=O) groups excluding carboxylic acids is 1. The molecule has 4 nitrogen and oxygen atoms in total. The lowest BCUT2D eigenvalue weighted by atomic mass is 10.2. The van der Waals surface area contributed by atoms with Crippen LogP contribution in [0.2, 0.25) is 5.02 Å². The number of nitrogens with one attached hydrogen (secondary N) is 1. The van der Waals surface area contributed by atoms with E-state index in [-0.39, 0.29) is 18.0 Å². The predicted octanol–water partition coefficient (Wildman–Crippen LogP) is 2.38. The monoisotopic (exact) mass is 309 g/mol. The molecule has 0 aliphatic carbocycles. The van der Waals surface area contributed by atoms with Gasteiger partial charge in [0.05, 0.1) is 6.04 Å². The van der Waals surface area contributed by atoms with Crippen molar-refractivity contribution in [3.63, 3.8) is 0 Å². The lowest BCUT2D eigenvalue weighted by molar-refractivity contribution is -0.126. The van der Waals surface area contributed by atoms with Crippen molar-refractivity contribution >= 4 is 23.2 Å². The Labute approximate surface area is 132 Å². The summed E-state index contributed by atoms with van der Waals surface area (Å²) in [6, 6.07) is 8.05. The summed E-state index contributed by atoms with van der Waals surface area (Å²) in [4.78, 5) is 16.6. The highest BCUT2D eigenvalue weighted by Gasteiger charge is 2.25. The summed E-state index contributed by atoms with van der Waals surface area (Å²) in [5.41, 5.74) is 1.19. The second-order valence-corrected chi connectivity index (χ2v) is 6.28. The molecule has 1 aliphatic heterocycles. The van der Waals surface area contributed by atoms with Crippen molar-refractivity contribution in [2.45, 2.75) is 32.9 Å². The van der Waals surface area contributed by atoms with Gasteiger partial charge in [0.2, 0.25) is 5.91 Å². The van der Waals surface area contributed by atoms with Gasteiger partial charge in [0, 0.05) is 42.9 Å². The zero-order valence-corrected chi connectivity index (χ0v) is 13.7. The number of piperazine rings is 1. The van der Waals surface area contributed by atoms with Crippen LogP contribution in [0.1, 0.15) is 20.8 Å². The van der Waals surface area contributed by atoms with Crippen molar-refractivity contribution in [1.29, 1.82) is 0 Å². The summed E-state index contributed by atoms with van der Waals surface area (Å²) in [5.74, 6) is 0.116. The van der Waals surface area contributed by atoms with Gasteiger partial charge in [0.25, 0.3) is 0 Å². The van der Waals surface area contributed by atoms with E-state index in [9.17, 15) is 4.79 Å². The summed E-state index contributed by atoms with van der Waals surface area (Å²) >= 11 is 5.92. The Morgan fingerprint density at radius 3 is 2.19 bits per heavy atom. The number of halogens is 1. The first kappa shape index (κ1) is 16.1. The topological polar surface area (TPSA) is 35.6 Å². The maximum Gasteiger partial charge on any atom is 0.237 e. The molecular weight excluding hydrogens is 286 g/mol. The molecule has 1 aliphatic rings. The molecule has 0 spiro atoms. The van der Waals surface area contributed by atoms with Crippen molar-refractivity contribution in [3.05, 3.63) is 29.3 Å². The maximum absolute atomic E-state index is 12.1. The highest BCUT2D eigenvalue weighted by atomic mass is 35.5. The summed E-state index contributed by atoms with van der Waals surface area (Å²) < 4.78 is 0. The number of rotatable bonds is 4. The molecular formula is C16H24ClN3O. The summed E-state index contributed by atoms with van der Waals surface area (Å²) in [5, 5.41) is 3.74. The molecule has 21 heavy (non-hydrogen) atoms. The third kappa shape index (κ3) is 4.35. The fourth-order valence-electron chi connectivity index (χ4n) is 2.59. The minimum Gasteiger partial charge on any atom is -0.369 e. The smallest absolute Gasteiger partial charge is 0.237 e. The van der Waals surface area contributed by atoms with Gasteiger partial charge in [-0.3, -0.25) is 9.69 Å². The zero-order chi connectivity index (χ0) is 15.4. The number of nitrogens with zero attached hydrogens (tertiary/aromatic N) is 2. The first-order chi connectivity index (χ1) is 9.97. The third-order valence-electron chi connectivity index (χ3n) is 3.86. The van der Waals surface area contributed by atoms with Crippen LogP contribution >= 0.6 is 11.6 Å². The third-order valence-corrected chi connectivity index (χ3v) is 4.12. The molecule has 0 bridgehead atoms. The Kier molecular flexibility index (Phi) is 5.48. The fourth-order valence-corrected chi connectivity index (χ4v) is 2.72. The normalized spacial score (nSPS) is 17.9. The van der Waals surface area contributed by atoms with E-state index < -0.39 is 0 Å². The molecule has 0 unspecified atom stereocenters. The Balaban J connectivity index is 1.88. The van der Waals surface area contributed by atoms with Crippen molar-refractivity contribution in [1.82, 2.24) is 10.2 Å². The van der Waals surface area contributed by atoms with Crippen LogP contribution in [-0.2, 0) is 4.79 Å². The number of hydrogen-bond acceptors (Lipinski definition) is 3. The average Bonchev–Trinajstić information content (AvgIpc) is 2.47. The number of benzene rings is 1.